The minimum atomic E-state index is -0.0475. The number of piperazine rings is 1. The zero-order chi connectivity index (χ0) is 20.3. The average Bonchev–Trinajstić information content (AvgIpc) is 3.22. The summed E-state index contributed by atoms with van der Waals surface area (Å²) in [6.07, 6.45) is 1.87. The molecule has 1 aliphatic heterocycles. The first-order chi connectivity index (χ1) is 14.8. The Labute approximate surface area is 175 Å². The summed E-state index contributed by atoms with van der Waals surface area (Å²) < 4.78 is 0. The number of hydrogen-bond acceptors (Lipinski definition) is 2. The highest BCUT2D eigenvalue weighted by Gasteiger charge is 2.22. The van der Waals surface area contributed by atoms with Gasteiger partial charge in [-0.05, 0) is 35.4 Å². The van der Waals surface area contributed by atoms with Crippen molar-refractivity contribution >= 4 is 28.3 Å². The van der Waals surface area contributed by atoms with E-state index in [1.54, 1.807) is 0 Å². The van der Waals surface area contributed by atoms with E-state index in [2.05, 4.69) is 69.8 Å². The number of carbonyl (C=O) groups is 1. The lowest BCUT2D eigenvalue weighted by atomic mass is 10.0. The van der Waals surface area contributed by atoms with Gasteiger partial charge in [-0.3, -0.25) is 0 Å². The van der Waals surface area contributed by atoms with Gasteiger partial charge in [0.1, 0.15) is 0 Å². The van der Waals surface area contributed by atoms with Crippen molar-refractivity contribution in [2.75, 3.05) is 36.4 Å². The zero-order valence-corrected chi connectivity index (χ0v) is 16.7. The maximum atomic E-state index is 12.9. The van der Waals surface area contributed by atoms with Crippen molar-refractivity contribution in [3.8, 4) is 11.1 Å². The number of H-pyrrole nitrogens is 1. The van der Waals surface area contributed by atoms with Crippen LogP contribution in [0.5, 0.6) is 0 Å². The van der Waals surface area contributed by atoms with Crippen molar-refractivity contribution in [1.29, 1.82) is 0 Å². The molecule has 1 saturated heterocycles. The van der Waals surface area contributed by atoms with Gasteiger partial charge in [0.05, 0.1) is 5.69 Å². The summed E-state index contributed by atoms with van der Waals surface area (Å²) in [6.45, 7) is 3.09. The molecular weight excluding hydrogens is 372 g/mol. The lowest BCUT2D eigenvalue weighted by molar-refractivity contribution is 0.208. The second kappa shape index (κ2) is 7.95. The summed E-state index contributed by atoms with van der Waals surface area (Å²) in [5.41, 5.74) is 5.34. The summed E-state index contributed by atoms with van der Waals surface area (Å²) >= 11 is 0. The second-order valence-electron chi connectivity index (χ2n) is 7.57. The fraction of sp³-hybridized carbons (Fsp3) is 0.160. The van der Waals surface area contributed by atoms with E-state index in [9.17, 15) is 4.79 Å². The van der Waals surface area contributed by atoms with Crippen LogP contribution in [0.15, 0.2) is 85.1 Å². The SMILES string of the molecule is O=C(Nc1c[nH]c2ccc(-c3ccccc3)cc12)N1CCN(c2ccccc2)CC1. The Hall–Kier alpha value is -3.73. The number of anilines is 2. The van der Waals surface area contributed by atoms with Gasteiger partial charge in [-0.15, -0.1) is 0 Å². The van der Waals surface area contributed by atoms with Crippen molar-refractivity contribution in [3.05, 3.63) is 85.1 Å². The Morgan fingerprint density at radius 1 is 0.800 bits per heavy atom. The minimum absolute atomic E-state index is 0.0475. The number of urea groups is 1. The maximum absolute atomic E-state index is 12.9. The summed E-state index contributed by atoms with van der Waals surface area (Å²) in [7, 11) is 0. The number of aromatic amines is 1. The number of rotatable bonds is 3. The molecule has 1 fully saturated rings. The van der Waals surface area contributed by atoms with Gasteiger partial charge in [0, 0.05) is 49.0 Å². The number of hydrogen-bond donors (Lipinski definition) is 2. The van der Waals surface area contributed by atoms with Crippen LogP contribution < -0.4 is 10.2 Å². The van der Waals surface area contributed by atoms with E-state index in [-0.39, 0.29) is 6.03 Å². The van der Waals surface area contributed by atoms with Gasteiger partial charge in [0.2, 0.25) is 0 Å². The number of nitrogens with zero attached hydrogens (tertiary/aromatic N) is 2. The first-order valence-electron chi connectivity index (χ1n) is 10.3. The third-order valence-corrected chi connectivity index (χ3v) is 5.72. The van der Waals surface area contributed by atoms with Gasteiger partial charge in [-0.25, -0.2) is 4.79 Å². The van der Waals surface area contributed by atoms with Crippen molar-refractivity contribution in [2.45, 2.75) is 0 Å². The monoisotopic (exact) mass is 396 g/mol. The third kappa shape index (κ3) is 3.62. The van der Waals surface area contributed by atoms with Crippen LogP contribution in [-0.4, -0.2) is 42.1 Å². The van der Waals surface area contributed by atoms with E-state index >= 15 is 0 Å². The number of carbonyl (C=O) groups excluding carboxylic acids is 1. The smallest absolute Gasteiger partial charge is 0.322 e. The third-order valence-electron chi connectivity index (χ3n) is 5.72. The largest absolute Gasteiger partial charge is 0.368 e. The van der Waals surface area contributed by atoms with Crippen LogP contribution in [0.1, 0.15) is 0 Å². The number of amides is 2. The first kappa shape index (κ1) is 18.3. The highest BCUT2D eigenvalue weighted by atomic mass is 16.2. The average molecular weight is 396 g/mol. The van der Waals surface area contributed by atoms with E-state index in [1.807, 2.05) is 35.4 Å². The van der Waals surface area contributed by atoms with Crippen LogP contribution in [0.3, 0.4) is 0 Å². The van der Waals surface area contributed by atoms with Crippen molar-refractivity contribution in [3.63, 3.8) is 0 Å². The molecular formula is C25H24N4O. The molecule has 5 rings (SSSR count). The molecule has 5 heteroatoms. The van der Waals surface area contributed by atoms with Gasteiger partial charge in [0.25, 0.3) is 0 Å². The highest BCUT2D eigenvalue weighted by molar-refractivity contribution is 6.02. The standard InChI is InChI=1S/C25H24N4O/c30-25(29-15-13-28(14-16-29)21-9-5-2-6-10-21)27-24-18-26-23-12-11-20(17-22(23)24)19-7-3-1-4-8-19/h1-12,17-18,26H,13-16H2,(H,27,30). The fourth-order valence-corrected chi connectivity index (χ4v) is 4.04. The van der Waals surface area contributed by atoms with Crippen LogP contribution in [0.4, 0.5) is 16.2 Å². The summed E-state index contributed by atoms with van der Waals surface area (Å²) in [4.78, 5) is 20.4. The molecule has 0 spiro atoms. The molecule has 0 saturated carbocycles. The van der Waals surface area contributed by atoms with Gasteiger partial charge in [-0.1, -0.05) is 54.6 Å². The summed E-state index contributed by atoms with van der Waals surface area (Å²) in [6, 6.07) is 26.9. The van der Waals surface area contributed by atoms with Crippen molar-refractivity contribution in [2.24, 2.45) is 0 Å². The number of nitrogens with one attached hydrogen (secondary N) is 2. The Morgan fingerprint density at radius 3 is 2.23 bits per heavy atom. The highest BCUT2D eigenvalue weighted by Crippen LogP contribution is 2.29. The van der Waals surface area contributed by atoms with Crippen LogP contribution in [-0.2, 0) is 0 Å². The Morgan fingerprint density at radius 2 is 1.50 bits per heavy atom. The van der Waals surface area contributed by atoms with E-state index in [0.717, 1.165) is 40.8 Å². The molecule has 0 unspecified atom stereocenters. The quantitative estimate of drug-likeness (QED) is 0.501. The van der Waals surface area contributed by atoms with Crippen molar-refractivity contribution < 1.29 is 4.79 Å². The van der Waals surface area contributed by atoms with Gasteiger partial charge >= 0.3 is 6.03 Å². The van der Waals surface area contributed by atoms with Crippen LogP contribution in [0.2, 0.25) is 0 Å². The Kier molecular flexibility index (Phi) is 4.85. The second-order valence-corrected chi connectivity index (χ2v) is 7.57. The number of fused-ring (bicyclic) bond motifs is 1. The molecule has 0 bridgehead atoms. The molecule has 0 radical (unpaired) electrons. The predicted octanol–water partition coefficient (Wildman–Crippen LogP) is 5.19. The Balaban J connectivity index is 1.29. The summed E-state index contributed by atoms with van der Waals surface area (Å²) in [5.74, 6) is 0. The maximum Gasteiger partial charge on any atom is 0.322 e. The molecule has 2 N–H and O–H groups in total. The van der Waals surface area contributed by atoms with E-state index < -0.39 is 0 Å². The fourth-order valence-electron chi connectivity index (χ4n) is 4.04. The molecule has 3 aromatic carbocycles. The molecule has 0 aliphatic carbocycles. The lowest BCUT2D eigenvalue weighted by Crippen LogP contribution is -2.50. The predicted molar refractivity (Wildman–Crippen MR) is 123 cm³/mol. The zero-order valence-electron chi connectivity index (χ0n) is 16.7. The van der Waals surface area contributed by atoms with Gasteiger partial charge in [-0.2, -0.15) is 0 Å². The van der Waals surface area contributed by atoms with Gasteiger partial charge in [0.15, 0.2) is 0 Å². The molecule has 2 heterocycles. The van der Waals surface area contributed by atoms with Crippen molar-refractivity contribution in [1.82, 2.24) is 9.88 Å². The normalized spacial score (nSPS) is 14.1. The molecule has 5 nitrogen and oxygen atoms in total. The van der Waals surface area contributed by atoms with Crippen LogP contribution >= 0.6 is 0 Å². The number of aromatic nitrogens is 1. The number of benzene rings is 3. The van der Waals surface area contributed by atoms with E-state index in [1.165, 1.54) is 5.69 Å². The molecule has 2 amide bonds. The molecule has 1 aromatic heterocycles. The Bertz CT molecular complexity index is 1150. The first-order valence-corrected chi connectivity index (χ1v) is 10.3. The molecule has 150 valence electrons. The van der Waals surface area contributed by atoms with E-state index in [4.69, 9.17) is 0 Å². The van der Waals surface area contributed by atoms with Crippen LogP contribution in [0, 0.1) is 0 Å². The molecule has 0 atom stereocenters. The summed E-state index contributed by atoms with van der Waals surface area (Å²) in [5, 5.41) is 4.13. The molecule has 4 aromatic rings. The molecule has 30 heavy (non-hydrogen) atoms. The topological polar surface area (TPSA) is 51.4 Å². The minimum Gasteiger partial charge on any atom is -0.368 e. The number of para-hydroxylation sites is 1. The van der Waals surface area contributed by atoms with Gasteiger partial charge < -0.3 is 20.1 Å². The van der Waals surface area contributed by atoms with E-state index in [0.29, 0.717) is 13.1 Å². The van der Waals surface area contributed by atoms with Crippen LogP contribution in [0.25, 0.3) is 22.0 Å². The molecule has 1 aliphatic rings. The lowest BCUT2D eigenvalue weighted by Gasteiger charge is -2.36.